The predicted octanol–water partition coefficient (Wildman–Crippen LogP) is 2.52. The van der Waals surface area contributed by atoms with E-state index in [-0.39, 0.29) is 16.6 Å². The number of aromatic nitrogens is 2. The van der Waals surface area contributed by atoms with E-state index in [2.05, 4.69) is 15.7 Å². The van der Waals surface area contributed by atoms with Gasteiger partial charge in [-0.25, -0.2) is 0 Å². The van der Waals surface area contributed by atoms with Crippen LogP contribution in [-0.2, 0) is 0 Å². The standard InChI is InChI=1S/C13H18N4OS2/c1-9(2)10-11(20-16-15-10)12(18)17-6-4-13(8-14,19-3)5-7-17/h9H,4-7H2,1-3H3. The van der Waals surface area contributed by atoms with Gasteiger partial charge in [-0.15, -0.1) is 16.9 Å². The lowest BCUT2D eigenvalue weighted by atomic mass is 9.97. The first-order chi connectivity index (χ1) is 9.53. The molecule has 1 aliphatic rings. The minimum absolute atomic E-state index is 0.0105. The second-order valence-electron chi connectivity index (χ2n) is 5.24. The molecule has 0 radical (unpaired) electrons. The van der Waals surface area contributed by atoms with Crippen molar-refractivity contribution >= 4 is 29.2 Å². The number of piperidine rings is 1. The van der Waals surface area contributed by atoms with Crippen LogP contribution in [0.3, 0.4) is 0 Å². The van der Waals surface area contributed by atoms with E-state index in [1.807, 2.05) is 25.0 Å². The van der Waals surface area contributed by atoms with Crippen LogP contribution in [0, 0.1) is 11.3 Å². The third kappa shape index (κ3) is 2.81. The Labute approximate surface area is 127 Å². The van der Waals surface area contributed by atoms with Crippen molar-refractivity contribution in [2.75, 3.05) is 19.3 Å². The molecule has 1 aliphatic heterocycles. The highest BCUT2D eigenvalue weighted by Crippen LogP contribution is 2.34. The molecular weight excluding hydrogens is 292 g/mol. The Balaban J connectivity index is 2.09. The van der Waals surface area contributed by atoms with Gasteiger partial charge in [0.15, 0.2) is 0 Å². The van der Waals surface area contributed by atoms with Gasteiger partial charge in [0, 0.05) is 13.1 Å². The van der Waals surface area contributed by atoms with Crippen molar-refractivity contribution in [2.45, 2.75) is 37.4 Å². The molecule has 0 unspecified atom stereocenters. The fourth-order valence-electron chi connectivity index (χ4n) is 2.30. The third-order valence-electron chi connectivity index (χ3n) is 3.71. The second-order valence-corrected chi connectivity index (χ2v) is 7.19. The fraction of sp³-hybridized carbons (Fsp3) is 0.692. The number of hydrogen-bond acceptors (Lipinski definition) is 6. The van der Waals surface area contributed by atoms with Crippen LogP contribution in [0.4, 0.5) is 0 Å². The third-order valence-corrected chi connectivity index (χ3v) is 5.72. The molecule has 7 heteroatoms. The lowest BCUT2D eigenvalue weighted by Gasteiger charge is -2.36. The van der Waals surface area contributed by atoms with Crippen LogP contribution in [0.1, 0.15) is 48.0 Å². The summed E-state index contributed by atoms with van der Waals surface area (Å²) in [6.07, 6.45) is 3.41. The summed E-state index contributed by atoms with van der Waals surface area (Å²) in [5.74, 6) is 0.207. The molecule has 0 aromatic carbocycles. The van der Waals surface area contributed by atoms with Crippen LogP contribution in [0.25, 0.3) is 0 Å². The van der Waals surface area contributed by atoms with Crippen LogP contribution in [-0.4, -0.2) is 44.5 Å². The van der Waals surface area contributed by atoms with Gasteiger partial charge in [-0.1, -0.05) is 18.3 Å². The highest BCUT2D eigenvalue weighted by molar-refractivity contribution is 8.00. The maximum Gasteiger partial charge on any atom is 0.267 e. The summed E-state index contributed by atoms with van der Waals surface area (Å²) in [4.78, 5) is 15.0. The average Bonchev–Trinajstić information content (AvgIpc) is 2.96. The summed E-state index contributed by atoms with van der Waals surface area (Å²) >= 11 is 2.76. The Morgan fingerprint density at radius 3 is 2.65 bits per heavy atom. The molecule has 0 aliphatic carbocycles. The second kappa shape index (κ2) is 6.10. The van der Waals surface area contributed by atoms with Crippen molar-refractivity contribution in [2.24, 2.45) is 0 Å². The Morgan fingerprint density at radius 2 is 2.15 bits per heavy atom. The van der Waals surface area contributed by atoms with Gasteiger partial charge in [-0.3, -0.25) is 4.79 Å². The number of carbonyl (C=O) groups is 1. The quantitative estimate of drug-likeness (QED) is 0.858. The predicted molar refractivity (Wildman–Crippen MR) is 81.0 cm³/mol. The van der Waals surface area contributed by atoms with Gasteiger partial charge in [-0.2, -0.15) is 5.26 Å². The molecule has 1 fully saturated rings. The van der Waals surface area contributed by atoms with Gasteiger partial charge in [0.05, 0.1) is 11.8 Å². The summed E-state index contributed by atoms with van der Waals surface area (Å²) in [6, 6.07) is 2.39. The number of likely N-dealkylation sites (tertiary alicyclic amines) is 1. The minimum atomic E-state index is -0.330. The van der Waals surface area contributed by atoms with Crippen molar-refractivity contribution in [1.29, 1.82) is 5.26 Å². The van der Waals surface area contributed by atoms with E-state index in [4.69, 9.17) is 0 Å². The fourth-order valence-corrected chi connectivity index (χ4v) is 3.77. The lowest BCUT2D eigenvalue weighted by molar-refractivity contribution is 0.0720. The molecule has 0 atom stereocenters. The van der Waals surface area contributed by atoms with E-state index in [0.717, 1.165) is 18.5 Å². The molecule has 20 heavy (non-hydrogen) atoms. The highest BCUT2D eigenvalue weighted by Gasteiger charge is 2.36. The van der Waals surface area contributed by atoms with Gasteiger partial charge < -0.3 is 4.90 Å². The van der Waals surface area contributed by atoms with Crippen LogP contribution in [0.15, 0.2) is 0 Å². The Morgan fingerprint density at radius 1 is 1.50 bits per heavy atom. The molecule has 0 spiro atoms. The van der Waals surface area contributed by atoms with Crippen molar-refractivity contribution in [3.8, 4) is 6.07 Å². The summed E-state index contributed by atoms with van der Waals surface area (Å²) in [5.41, 5.74) is 0.780. The molecule has 0 saturated carbocycles. The molecule has 2 heterocycles. The zero-order chi connectivity index (χ0) is 14.8. The molecule has 1 aromatic rings. The minimum Gasteiger partial charge on any atom is -0.338 e. The Hall–Kier alpha value is -1.13. The van der Waals surface area contributed by atoms with Crippen LogP contribution >= 0.6 is 23.3 Å². The first kappa shape index (κ1) is 15.3. The number of thioether (sulfide) groups is 1. The summed E-state index contributed by atoms with van der Waals surface area (Å²) in [7, 11) is 0. The van der Waals surface area contributed by atoms with Crippen molar-refractivity contribution in [1.82, 2.24) is 14.5 Å². The number of amides is 1. The molecule has 1 saturated heterocycles. The zero-order valence-electron chi connectivity index (χ0n) is 11.9. The zero-order valence-corrected chi connectivity index (χ0v) is 13.6. The van der Waals surface area contributed by atoms with Crippen LogP contribution in [0.2, 0.25) is 0 Å². The van der Waals surface area contributed by atoms with Crippen molar-refractivity contribution in [3.63, 3.8) is 0 Å². The van der Waals surface area contributed by atoms with Gasteiger partial charge in [-0.05, 0) is 36.5 Å². The van der Waals surface area contributed by atoms with E-state index in [1.165, 1.54) is 11.5 Å². The van der Waals surface area contributed by atoms with Crippen LogP contribution < -0.4 is 0 Å². The van der Waals surface area contributed by atoms with E-state index in [0.29, 0.717) is 18.0 Å². The summed E-state index contributed by atoms with van der Waals surface area (Å²) < 4.78 is 3.58. The van der Waals surface area contributed by atoms with Gasteiger partial charge >= 0.3 is 0 Å². The van der Waals surface area contributed by atoms with Crippen molar-refractivity contribution < 1.29 is 4.79 Å². The first-order valence-corrected chi connectivity index (χ1v) is 8.61. The normalized spacial score (nSPS) is 18.1. The first-order valence-electron chi connectivity index (χ1n) is 6.61. The number of carbonyl (C=O) groups excluding carboxylic acids is 1. The smallest absolute Gasteiger partial charge is 0.267 e. The molecule has 0 N–H and O–H groups in total. The average molecular weight is 310 g/mol. The molecule has 2 rings (SSSR count). The number of hydrogen-bond donors (Lipinski definition) is 0. The maximum absolute atomic E-state index is 12.5. The number of nitrogens with zero attached hydrogens (tertiary/aromatic N) is 4. The van der Waals surface area contributed by atoms with Gasteiger partial charge in [0.2, 0.25) is 0 Å². The molecule has 5 nitrogen and oxygen atoms in total. The summed E-state index contributed by atoms with van der Waals surface area (Å²) in [6.45, 7) is 5.28. The molecule has 0 bridgehead atoms. The summed E-state index contributed by atoms with van der Waals surface area (Å²) in [5, 5.41) is 13.3. The van der Waals surface area contributed by atoms with Gasteiger partial charge in [0.1, 0.15) is 9.62 Å². The SMILES string of the molecule is CSC1(C#N)CCN(C(=O)c2snnc2C(C)C)CC1. The van der Waals surface area contributed by atoms with E-state index in [1.54, 1.807) is 11.8 Å². The van der Waals surface area contributed by atoms with Gasteiger partial charge in [0.25, 0.3) is 5.91 Å². The molecule has 1 aromatic heterocycles. The number of rotatable bonds is 3. The lowest BCUT2D eigenvalue weighted by Crippen LogP contribution is -2.44. The molecule has 108 valence electrons. The highest BCUT2D eigenvalue weighted by atomic mass is 32.2. The van der Waals surface area contributed by atoms with Crippen molar-refractivity contribution in [3.05, 3.63) is 10.6 Å². The van der Waals surface area contributed by atoms with E-state index >= 15 is 0 Å². The topological polar surface area (TPSA) is 69.9 Å². The van der Waals surface area contributed by atoms with E-state index in [9.17, 15) is 10.1 Å². The largest absolute Gasteiger partial charge is 0.338 e. The number of nitriles is 1. The maximum atomic E-state index is 12.5. The Kier molecular flexibility index (Phi) is 4.66. The molecular formula is C13H18N4OS2. The van der Waals surface area contributed by atoms with E-state index < -0.39 is 0 Å². The van der Waals surface area contributed by atoms with Crippen LogP contribution in [0.5, 0.6) is 0 Å². The monoisotopic (exact) mass is 310 g/mol. The Bertz CT molecular complexity index is 527. The molecule has 1 amide bonds.